The minimum Gasteiger partial charge on any atom is -0.334 e. The molecule has 0 bridgehead atoms. The van der Waals surface area contributed by atoms with Crippen molar-refractivity contribution in [2.75, 3.05) is 33.2 Å². The van der Waals surface area contributed by atoms with Crippen LogP contribution in [0.2, 0.25) is 0 Å². The Bertz CT molecular complexity index is 287. The molecule has 6 heteroatoms. The Kier molecular flexibility index (Phi) is 5.65. The number of urea groups is 1. The number of nitrogens with one attached hydrogen (secondary N) is 3. The second-order valence-electron chi connectivity index (χ2n) is 4.11. The Morgan fingerprint density at radius 2 is 2.35 bits per heavy atom. The van der Waals surface area contributed by atoms with Crippen molar-refractivity contribution in [2.24, 2.45) is 0 Å². The maximum absolute atomic E-state index is 11.5. The van der Waals surface area contributed by atoms with Crippen LogP contribution in [-0.4, -0.2) is 56.1 Å². The van der Waals surface area contributed by atoms with Crippen LogP contribution in [0.15, 0.2) is 12.7 Å². The van der Waals surface area contributed by atoms with E-state index in [0.717, 1.165) is 19.5 Å². The van der Waals surface area contributed by atoms with Crippen LogP contribution in [0.3, 0.4) is 0 Å². The highest BCUT2D eigenvalue weighted by atomic mass is 16.2. The van der Waals surface area contributed by atoms with Crippen molar-refractivity contribution in [3.63, 3.8) is 0 Å². The molecule has 1 heterocycles. The molecular formula is C11H20N4O2. The largest absolute Gasteiger partial charge is 0.334 e. The van der Waals surface area contributed by atoms with Gasteiger partial charge in [-0.1, -0.05) is 6.08 Å². The number of imide groups is 1. The monoisotopic (exact) mass is 240 g/mol. The quantitative estimate of drug-likeness (QED) is 0.555. The summed E-state index contributed by atoms with van der Waals surface area (Å²) in [4.78, 5) is 24.7. The molecule has 0 spiro atoms. The molecule has 1 aliphatic rings. The van der Waals surface area contributed by atoms with Crippen molar-refractivity contribution in [3.8, 4) is 0 Å². The Morgan fingerprint density at radius 3 is 2.94 bits per heavy atom. The molecular weight excluding hydrogens is 220 g/mol. The molecule has 0 aliphatic carbocycles. The Morgan fingerprint density at radius 1 is 1.59 bits per heavy atom. The molecule has 1 aliphatic heterocycles. The molecule has 0 saturated carbocycles. The summed E-state index contributed by atoms with van der Waals surface area (Å²) in [5, 5.41) is 7.99. The normalized spacial score (nSPS) is 19.1. The third-order valence-corrected chi connectivity index (χ3v) is 2.71. The van der Waals surface area contributed by atoms with E-state index in [-0.39, 0.29) is 12.5 Å². The zero-order valence-electron chi connectivity index (χ0n) is 10.2. The van der Waals surface area contributed by atoms with Crippen LogP contribution in [0.1, 0.15) is 6.42 Å². The number of hydrogen-bond donors (Lipinski definition) is 3. The van der Waals surface area contributed by atoms with Crippen LogP contribution in [0.5, 0.6) is 0 Å². The van der Waals surface area contributed by atoms with Crippen LogP contribution in [0.25, 0.3) is 0 Å². The lowest BCUT2D eigenvalue weighted by Crippen LogP contribution is -2.46. The van der Waals surface area contributed by atoms with Crippen molar-refractivity contribution in [1.82, 2.24) is 20.9 Å². The first-order chi connectivity index (χ1) is 8.13. The zero-order valence-corrected chi connectivity index (χ0v) is 10.2. The van der Waals surface area contributed by atoms with Gasteiger partial charge in [-0.3, -0.25) is 15.0 Å². The molecule has 1 fully saturated rings. The molecule has 1 saturated heterocycles. The first kappa shape index (κ1) is 13.7. The molecule has 17 heavy (non-hydrogen) atoms. The molecule has 0 aromatic carbocycles. The van der Waals surface area contributed by atoms with Gasteiger partial charge in [-0.15, -0.1) is 6.58 Å². The summed E-state index contributed by atoms with van der Waals surface area (Å²) in [6, 6.07) is -0.107. The number of amides is 3. The van der Waals surface area contributed by atoms with Crippen LogP contribution < -0.4 is 16.0 Å². The van der Waals surface area contributed by atoms with Crippen LogP contribution >= 0.6 is 0 Å². The highest BCUT2D eigenvalue weighted by Crippen LogP contribution is 2.04. The minimum atomic E-state index is -0.479. The van der Waals surface area contributed by atoms with Crippen molar-refractivity contribution in [2.45, 2.75) is 12.5 Å². The fourth-order valence-electron chi connectivity index (χ4n) is 1.75. The van der Waals surface area contributed by atoms with Gasteiger partial charge in [0.05, 0.1) is 6.54 Å². The van der Waals surface area contributed by atoms with E-state index >= 15 is 0 Å². The van der Waals surface area contributed by atoms with Gasteiger partial charge in [-0.2, -0.15) is 0 Å². The molecule has 0 aromatic heterocycles. The molecule has 1 unspecified atom stereocenters. The maximum Gasteiger partial charge on any atom is 0.321 e. The number of hydrogen-bond acceptors (Lipinski definition) is 4. The van der Waals surface area contributed by atoms with Gasteiger partial charge in [0, 0.05) is 19.1 Å². The molecule has 0 aromatic rings. The first-order valence-electron chi connectivity index (χ1n) is 5.73. The highest BCUT2D eigenvalue weighted by Gasteiger charge is 2.21. The van der Waals surface area contributed by atoms with Gasteiger partial charge in [-0.25, -0.2) is 4.79 Å². The molecule has 3 amide bonds. The fourth-order valence-corrected chi connectivity index (χ4v) is 1.75. The van der Waals surface area contributed by atoms with E-state index in [2.05, 4.69) is 22.5 Å². The number of nitrogens with zero attached hydrogens (tertiary/aromatic N) is 1. The number of likely N-dealkylation sites (N-methyl/N-ethyl adjacent to an activating group) is 1. The molecule has 3 N–H and O–H groups in total. The molecule has 96 valence electrons. The van der Waals surface area contributed by atoms with E-state index < -0.39 is 6.03 Å². The standard InChI is InChI=1S/C11H20N4O2/c1-3-5-13-11(17)14-10(16)8-15(2)9-4-6-12-7-9/h3,9,12H,1,4-8H2,2H3,(H2,13,14,16,17). The second-order valence-corrected chi connectivity index (χ2v) is 4.11. The third-order valence-electron chi connectivity index (χ3n) is 2.71. The van der Waals surface area contributed by atoms with Gasteiger partial charge in [-0.05, 0) is 20.0 Å². The number of carbonyl (C=O) groups is 2. The Labute approximate surface area is 101 Å². The van der Waals surface area contributed by atoms with E-state index in [1.54, 1.807) is 6.08 Å². The van der Waals surface area contributed by atoms with E-state index in [4.69, 9.17) is 0 Å². The molecule has 0 radical (unpaired) electrons. The predicted octanol–water partition coefficient (Wildman–Crippen LogP) is -0.708. The van der Waals surface area contributed by atoms with Crippen molar-refractivity contribution >= 4 is 11.9 Å². The summed E-state index contributed by atoms with van der Waals surface area (Å²) in [5.41, 5.74) is 0. The molecule has 1 rings (SSSR count). The van der Waals surface area contributed by atoms with Crippen molar-refractivity contribution < 1.29 is 9.59 Å². The van der Waals surface area contributed by atoms with E-state index in [0.29, 0.717) is 12.6 Å². The Balaban J connectivity index is 2.23. The number of rotatable bonds is 5. The van der Waals surface area contributed by atoms with Gasteiger partial charge < -0.3 is 10.6 Å². The van der Waals surface area contributed by atoms with Crippen LogP contribution in [0, 0.1) is 0 Å². The van der Waals surface area contributed by atoms with E-state index in [1.807, 2.05) is 11.9 Å². The average Bonchev–Trinajstić information content (AvgIpc) is 2.79. The highest BCUT2D eigenvalue weighted by molar-refractivity contribution is 5.95. The smallest absolute Gasteiger partial charge is 0.321 e. The third kappa shape index (κ3) is 4.97. The summed E-state index contributed by atoms with van der Waals surface area (Å²) in [7, 11) is 1.89. The van der Waals surface area contributed by atoms with E-state index in [1.165, 1.54) is 0 Å². The summed E-state index contributed by atoms with van der Waals surface area (Å²) in [6.45, 7) is 5.93. The molecule has 1 atom stereocenters. The zero-order chi connectivity index (χ0) is 12.7. The number of carbonyl (C=O) groups excluding carboxylic acids is 2. The van der Waals surface area contributed by atoms with Gasteiger partial charge in [0.25, 0.3) is 0 Å². The summed E-state index contributed by atoms with van der Waals surface area (Å²) in [6.07, 6.45) is 2.59. The average molecular weight is 240 g/mol. The summed E-state index contributed by atoms with van der Waals surface area (Å²) < 4.78 is 0. The second kappa shape index (κ2) is 7.03. The SMILES string of the molecule is C=CCNC(=O)NC(=O)CN(C)C1CCNC1. The van der Waals surface area contributed by atoms with Gasteiger partial charge in [0.1, 0.15) is 0 Å². The van der Waals surface area contributed by atoms with Gasteiger partial charge in [0.15, 0.2) is 0 Å². The van der Waals surface area contributed by atoms with Gasteiger partial charge in [0.2, 0.25) is 5.91 Å². The van der Waals surface area contributed by atoms with Crippen molar-refractivity contribution in [1.29, 1.82) is 0 Å². The maximum atomic E-state index is 11.5. The fraction of sp³-hybridized carbons (Fsp3) is 0.636. The first-order valence-corrected chi connectivity index (χ1v) is 5.73. The van der Waals surface area contributed by atoms with Crippen LogP contribution in [-0.2, 0) is 4.79 Å². The lowest BCUT2D eigenvalue weighted by molar-refractivity contribution is -0.121. The van der Waals surface area contributed by atoms with Gasteiger partial charge >= 0.3 is 6.03 Å². The lowest BCUT2D eigenvalue weighted by Gasteiger charge is -2.22. The Hall–Kier alpha value is -1.40. The summed E-state index contributed by atoms with van der Waals surface area (Å²) >= 11 is 0. The lowest BCUT2D eigenvalue weighted by atomic mass is 10.2. The topological polar surface area (TPSA) is 73.5 Å². The summed E-state index contributed by atoms with van der Waals surface area (Å²) in [5.74, 6) is -0.291. The van der Waals surface area contributed by atoms with E-state index in [9.17, 15) is 9.59 Å². The van der Waals surface area contributed by atoms with Crippen molar-refractivity contribution in [3.05, 3.63) is 12.7 Å². The predicted molar refractivity (Wildman–Crippen MR) is 65.6 cm³/mol. The molecule has 6 nitrogen and oxygen atoms in total. The van der Waals surface area contributed by atoms with Crippen LogP contribution in [0.4, 0.5) is 4.79 Å². The minimum absolute atomic E-state index is 0.230.